The molecule has 0 aromatic rings. The number of rotatable bonds is 5. The van der Waals surface area contributed by atoms with Crippen molar-refractivity contribution in [2.45, 2.75) is 70.4 Å². The molecule has 0 aromatic heterocycles. The molecule has 0 aliphatic carbocycles. The Hall–Kier alpha value is -0.0900. The minimum Gasteiger partial charge on any atom is -0.459 e. The third-order valence-electron chi connectivity index (χ3n) is 2.09. The Kier molecular flexibility index (Phi) is 5.67. The molecule has 0 atom stereocenters. The molecule has 0 aliphatic rings. The largest absolute Gasteiger partial charge is 0.459 e. The number of esters is 1. The summed E-state index contributed by atoms with van der Waals surface area (Å²) in [6, 6.07) is 0. The molecule has 0 bridgehead atoms. The van der Waals surface area contributed by atoms with E-state index in [4.69, 9.17) is 9.47 Å². The molecule has 0 aromatic carbocycles. The predicted molar refractivity (Wildman–Crippen MR) is 73.5 cm³/mol. The lowest BCUT2D eigenvalue weighted by Gasteiger charge is -2.29. The third kappa shape index (κ3) is 8.61. The van der Waals surface area contributed by atoms with Crippen LogP contribution in [0, 0.1) is 0 Å². The summed E-state index contributed by atoms with van der Waals surface area (Å²) >= 11 is 3.29. The van der Waals surface area contributed by atoms with Crippen LogP contribution in [0.2, 0.25) is 0 Å². The average Bonchev–Trinajstić information content (AvgIpc) is 1.97. The van der Waals surface area contributed by atoms with Crippen LogP contribution < -0.4 is 0 Å². The van der Waals surface area contributed by atoms with Gasteiger partial charge in [0.25, 0.3) is 0 Å². The third-order valence-corrected chi connectivity index (χ3v) is 2.42. The smallest absolute Gasteiger partial charge is 0.322 e. The maximum absolute atomic E-state index is 11.7. The number of halogens is 1. The van der Waals surface area contributed by atoms with E-state index in [0.717, 1.165) is 0 Å². The molecule has 0 unspecified atom stereocenters. The molecule has 0 rings (SSSR count). The number of hydrogen-bond acceptors (Lipinski definition) is 3. The molecular weight excluding hydrogens is 284 g/mol. The van der Waals surface area contributed by atoms with Crippen LogP contribution >= 0.6 is 15.9 Å². The molecular formula is C13H25BrO3. The Bertz CT molecular complexity index is 259. The van der Waals surface area contributed by atoms with Gasteiger partial charge < -0.3 is 9.47 Å². The Balaban J connectivity index is 4.17. The first-order valence-corrected chi connectivity index (χ1v) is 6.69. The van der Waals surface area contributed by atoms with Crippen molar-refractivity contribution >= 4 is 21.9 Å². The van der Waals surface area contributed by atoms with Crippen molar-refractivity contribution in [3.63, 3.8) is 0 Å². The highest BCUT2D eigenvalue weighted by atomic mass is 79.9. The Morgan fingerprint density at radius 2 is 1.53 bits per heavy atom. The van der Waals surface area contributed by atoms with E-state index < -0.39 is 9.93 Å². The molecule has 4 heteroatoms. The number of ether oxygens (including phenoxy) is 2. The van der Waals surface area contributed by atoms with Crippen LogP contribution in [0.15, 0.2) is 0 Å². The van der Waals surface area contributed by atoms with E-state index >= 15 is 0 Å². The van der Waals surface area contributed by atoms with Gasteiger partial charge in [0.1, 0.15) is 9.93 Å². The van der Waals surface area contributed by atoms with Crippen molar-refractivity contribution in [1.29, 1.82) is 0 Å². The monoisotopic (exact) mass is 308 g/mol. The summed E-state index contributed by atoms with van der Waals surface area (Å²) in [5.74, 6) is -0.252. The van der Waals surface area contributed by atoms with E-state index in [1.807, 2.05) is 34.6 Å². The van der Waals surface area contributed by atoms with Gasteiger partial charge in [-0.2, -0.15) is 0 Å². The summed E-state index contributed by atoms with van der Waals surface area (Å²) < 4.78 is 10.4. The zero-order valence-electron chi connectivity index (χ0n) is 12.0. The molecule has 0 radical (unpaired) electrons. The fraction of sp³-hybridized carbons (Fsp3) is 0.923. The Morgan fingerprint density at radius 3 is 1.88 bits per heavy atom. The molecule has 3 nitrogen and oxygen atoms in total. The first kappa shape index (κ1) is 16.9. The van der Waals surface area contributed by atoms with Crippen LogP contribution in [0.5, 0.6) is 0 Å². The van der Waals surface area contributed by atoms with Gasteiger partial charge in [-0.1, -0.05) is 15.9 Å². The summed E-state index contributed by atoms with van der Waals surface area (Å²) in [4.78, 5) is 11.7. The number of carbonyl (C=O) groups is 1. The fourth-order valence-corrected chi connectivity index (χ4v) is 1.11. The quantitative estimate of drug-likeness (QED) is 0.574. The van der Waals surface area contributed by atoms with Gasteiger partial charge in [-0.3, -0.25) is 4.79 Å². The van der Waals surface area contributed by atoms with Crippen molar-refractivity contribution in [2.75, 3.05) is 6.61 Å². The lowest BCUT2D eigenvalue weighted by molar-refractivity contribution is -0.160. The highest BCUT2D eigenvalue weighted by Crippen LogP contribution is 2.24. The van der Waals surface area contributed by atoms with Crippen molar-refractivity contribution < 1.29 is 14.3 Å². The summed E-state index contributed by atoms with van der Waals surface area (Å²) in [5, 5.41) is 0. The van der Waals surface area contributed by atoms with Crippen molar-refractivity contribution in [2.24, 2.45) is 0 Å². The maximum Gasteiger partial charge on any atom is 0.322 e. The van der Waals surface area contributed by atoms with Crippen LogP contribution in [0.25, 0.3) is 0 Å². The summed E-state index contributed by atoms with van der Waals surface area (Å²) in [7, 11) is 0. The number of alkyl halides is 1. The molecule has 0 saturated carbocycles. The molecule has 0 saturated heterocycles. The molecule has 0 spiro atoms. The molecule has 17 heavy (non-hydrogen) atoms. The number of hydrogen-bond donors (Lipinski definition) is 0. The SMILES string of the molecule is CC(C)(C)OCCC(C)(C)OC(=O)C(C)(C)Br. The van der Waals surface area contributed by atoms with Crippen LogP contribution in [-0.4, -0.2) is 28.1 Å². The lowest BCUT2D eigenvalue weighted by Crippen LogP contribution is -2.37. The van der Waals surface area contributed by atoms with Crippen LogP contribution in [-0.2, 0) is 14.3 Å². The zero-order valence-corrected chi connectivity index (χ0v) is 13.6. The first-order chi connectivity index (χ1) is 7.33. The zero-order chi connectivity index (χ0) is 13.9. The van der Waals surface area contributed by atoms with Gasteiger partial charge in [-0.25, -0.2) is 0 Å². The van der Waals surface area contributed by atoms with Gasteiger partial charge in [0.05, 0.1) is 12.2 Å². The van der Waals surface area contributed by atoms with Crippen molar-refractivity contribution in [1.82, 2.24) is 0 Å². The summed E-state index contributed by atoms with van der Waals surface area (Å²) in [6.07, 6.45) is 0.680. The molecule has 0 aliphatic heterocycles. The van der Waals surface area contributed by atoms with Gasteiger partial charge in [0, 0.05) is 6.42 Å². The van der Waals surface area contributed by atoms with Crippen LogP contribution in [0.3, 0.4) is 0 Å². The molecule has 0 fully saturated rings. The normalized spacial score (nSPS) is 13.6. The van der Waals surface area contributed by atoms with E-state index in [1.165, 1.54) is 0 Å². The summed E-state index contributed by atoms with van der Waals surface area (Å²) in [6.45, 7) is 13.9. The molecule has 0 amide bonds. The summed E-state index contributed by atoms with van der Waals surface area (Å²) in [5.41, 5.74) is -0.665. The van der Waals surface area contributed by atoms with Gasteiger partial charge in [-0.05, 0) is 48.5 Å². The minimum absolute atomic E-state index is 0.158. The van der Waals surface area contributed by atoms with Crippen LogP contribution in [0.1, 0.15) is 54.9 Å². The van der Waals surface area contributed by atoms with E-state index in [1.54, 1.807) is 13.8 Å². The van der Waals surface area contributed by atoms with E-state index in [-0.39, 0.29) is 11.6 Å². The maximum atomic E-state index is 11.7. The second-order valence-electron chi connectivity index (χ2n) is 6.33. The van der Waals surface area contributed by atoms with Gasteiger partial charge in [0.2, 0.25) is 0 Å². The standard InChI is InChI=1S/C13H25BrO3/c1-11(2,3)16-9-8-12(4,5)17-10(15)13(6,7)14/h8-9H2,1-7H3. The highest BCUT2D eigenvalue weighted by Gasteiger charge is 2.32. The second kappa shape index (κ2) is 5.70. The van der Waals surface area contributed by atoms with Gasteiger partial charge in [-0.15, -0.1) is 0 Å². The Morgan fingerprint density at radius 1 is 1.06 bits per heavy atom. The predicted octanol–water partition coefficient (Wildman–Crippen LogP) is 3.69. The number of carbonyl (C=O) groups excluding carboxylic acids is 1. The molecule has 0 heterocycles. The highest BCUT2D eigenvalue weighted by molar-refractivity contribution is 9.10. The van der Waals surface area contributed by atoms with E-state index in [0.29, 0.717) is 13.0 Å². The van der Waals surface area contributed by atoms with E-state index in [9.17, 15) is 4.79 Å². The Labute approximate surface area is 113 Å². The topological polar surface area (TPSA) is 35.5 Å². The van der Waals surface area contributed by atoms with Gasteiger partial charge in [0.15, 0.2) is 0 Å². The first-order valence-electron chi connectivity index (χ1n) is 5.90. The minimum atomic E-state index is -0.644. The van der Waals surface area contributed by atoms with Crippen molar-refractivity contribution in [3.8, 4) is 0 Å². The second-order valence-corrected chi connectivity index (χ2v) is 8.31. The average molecular weight is 309 g/mol. The van der Waals surface area contributed by atoms with Crippen LogP contribution in [0.4, 0.5) is 0 Å². The lowest BCUT2D eigenvalue weighted by atomic mass is 10.1. The van der Waals surface area contributed by atoms with Crippen molar-refractivity contribution in [3.05, 3.63) is 0 Å². The van der Waals surface area contributed by atoms with Gasteiger partial charge >= 0.3 is 5.97 Å². The molecule has 0 N–H and O–H groups in total. The fourth-order valence-electron chi connectivity index (χ4n) is 1.03. The molecule has 102 valence electrons. The van der Waals surface area contributed by atoms with E-state index in [2.05, 4.69) is 15.9 Å².